The van der Waals surface area contributed by atoms with E-state index < -0.39 is 0 Å². The molecule has 3 rings (SSSR count). The van der Waals surface area contributed by atoms with Gasteiger partial charge in [0.1, 0.15) is 5.69 Å². The van der Waals surface area contributed by atoms with Crippen molar-refractivity contribution in [3.05, 3.63) is 35.7 Å². The molecule has 2 aromatic rings. The van der Waals surface area contributed by atoms with Crippen LogP contribution in [0.5, 0.6) is 0 Å². The first-order chi connectivity index (χ1) is 9.65. The topological polar surface area (TPSA) is 66.8 Å². The fourth-order valence-electron chi connectivity index (χ4n) is 2.88. The first kappa shape index (κ1) is 12.9. The van der Waals surface area contributed by atoms with Crippen molar-refractivity contribution in [3.63, 3.8) is 0 Å². The number of hydrogen-bond donors (Lipinski definition) is 1. The zero-order chi connectivity index (χ0) is 14.1. The summed E-state index contributed by atoms with van der Waals surface area (Å²) in [6.07, 6.45) is 5.20. The molecule has 1 unspecified atom stereocenters. The quantitative estimate of drug-likeness (QED) is 0.922. The van der Waals surface area contributed by atoms with Crippen LogP contribution in [0.1, 0.15) is 34.7 Å². The van der Waals surface area contributed by atoms with Gasteiger partial charge in [0.05, 0.1) is 30.8 Å². The highest BCUT2D eigenvalue weighted by Crippen LogP contribution is 2.21. The molecule has 1 amide bonds. The third-order valence-electron chi connectivity index (χ3n) is 3.85. The molecule has 6 heteroatoms. The van der Waals surface area contributed by atoms with Crippen LogP contribution in [0, 0.1) is 13.8 Å². The van der Waals surface area contributed by atoms with E-state index in [9.17, 15) is 4.79 Å². The molecule has 0 saturated carbocycles. The Balaban J connectivity index is 1.76. The smallest absolute Gasteiger partial charge is 0.272 e. The second-order valence-electron chi connectivity index (χ2n) is 5.37. The lowest BCUT2D eigenvalue weighted by molar-refractivity contribution is 0.0715. The number of carbonyl (C=O) groups is 1. The van der Waals surface area contributed by atoms with E-state index in [4.69, 9.17) is 0 Å². The molecule has 3 heterocycles. The van der Waals surface area contributed by atoms with E-state index in [1.54, 1.807) is 12.5 Å². The van der Waals surface area contributed by atoms with E-state index in [1.165, 1.54) is 0 Å². The largest absolute Gasteiger partial charge is 0.341 e. The molecule has 0 spiro atoms. The summed E-state index contributed by atoms with van der Waals surface area (Å²) in [5.41, 5.74) is 2.72. The van der Waals surface area contributed by atoms with Gasteiger partial charge in [-0.3, -0.25) is 9.48 Å². The highest BCUT2D eigenvalue weighted by molar-refractivity contribution is 5.92. The second kappa shape index (κ2) is 5.11. The fourth-order valence-corrected chi connectivity index (χ4v) is 2.88. The van der Waals surface area contributed by atoms with Crippen molar-refractivity contribution in [1.82, 2.24) is 24.6 Å². The van der Waals surface area contributed by atoms with Crippen LogP contribution in [0.3, 0.4) is 0 Å². The number of imidazole rings is 1. The summed E-state index contributed by atoms with van der Waals surface area (Å²) in [5.74, 6) is 0.0338. The van der Waals surface area contributed by atoms with Gasteiger partial charge in [0.2, 0.25) is 0 Å². The average molecular weight is 273 g/mol. The van der Waals surface area contributed by atoms with Crippen LogP contribution in [-0.4, -0.2) is 43.1 Å². The molecule has 1 saturated heterocycles. The highest BCUT2D eigenvalue weighted by atomic mass is 16.2. The van der Waals surface area contributed by atoms with Crippen molar-refractivity contribution >= 4 is 5.91 Å². The molecule has 0 radical (unpaired) electrons. The molecule has 2 aromatic heterocycles. The Bertz CT molecular complexity index is 601. The summed E-state index contributed by atoms with van der Waals surface area (Å²) >= 11 is 0. The second-order valence-corrected chi connectivity index (χ2v) is 5.37. The number of H-pyrrole nitrogens is 1. The number of aromatic nitrogens is 4. The molecule has 106 valence electrons. The highest BCUT2D eigenvalue weighted by Gasteiger charge is 2.30. The maximum atomic E-state index is 12.4. The summed E-state index contributed by atoms with van der Waals surface area (Å²) in [7, 11) is 0. The van der Waals surface area contributed by atoms with Gasteiger partial charge in [-0.1, -0.05) is 0 Å². The van der Waals surface area contributed by atoms with Crippen LogP contribution >= 0.6 is 0 Å². The maximum absolute atomic E-state index is 12.4. The predicted octanol–water partition coefficient (Wildman–Crippen LogP) is 1.53. The number of nitrogens with zero attached hydrogens (tertiary/aromatic N) is 4. The van der Waals surface area contributed by atoms with E-state index in [0.717, 1.165) is 37.3 Å². The van der Waals surface area contributed by atoms with E-state index >= 15 is 0 Å². The molecular formula is C14H19N5O. The Hall–Kier alpha value is -2.11. The lowest BCUT2D eigenvalue weighted by atomic mass is 10.2. The molecule has 1 aliphatic rings. The van der Waals surface area contributed by atoms with Gasteiger partial charge in [0.15, 0.2) is 0 Å². The summed E-state index contributed by atoms with van der Waals surface area (Å²) in [6.45, 7) is 5.61. The minimum Gasteiger partial charge on any atom is -0.341 e. The number of amides is 1. The summed E-state index contributed by atoms with van der Waals surface area (Å²) in [5, 5.41) is 4.49. The molecule has 0 aromatic carbocycles. The molecule has 0 bridgehead atoms. The minimum absolute atomic E-state index is 0.0338. The van der Waals surface area contributed by atoms with Crippen LogP contribution in [0.4, 0.5) is 0 Å². The van der Waals surface area contributed by atoms with Crippen molar-refractivity contribution in [1.29, 1.82) is 0 Å². The SMILES string of the molecule is Cc1cc(C)n(CC2CCCN2C(=O)c2cnc[nH]2)n1. The predicted molar refractivity (Wildman–Crippen MR) is 74.3 cm³/mol. The van der Waals surface area contributed by atoms with E-state index in [0.29, 0.717) is 5.69 Å². The third kappa shape index (κ3) is 2.33. The summed E-state index contributed by atoms with van der Waals surface area (Å²) in [4.78, 5) is 21.2. The molecule has 1 fully saturated rings. The zero-order valence-corrected chi connectivity index (χ0v) is 11.8. The van der Waals surface area contributed by atoms with E-state index in [1.807, 2.05) is 16.5 Å². The number of carbonyl (C=O) groups excluding carboxylic acids is 1. The minimum atomic E-state index is 0.0338. The Kier molecular flexibility index (Phi) is 3.30. The average Bonchev–Trinajstić information content (AvgIpc) is 3.12. The van der Waals surface area contributed by atoms with Gasteiger partial charge < -0.3 is 9.88 Å². The number of aryl methyl sites for hydroxylation is 2. The Morgan fingerprint density at radius 1 is 1.50 bits per heavy atom. The van der Waals surface area contributed by atoms with Gasteiger partial charge in [-0.05, 0) is 32.8 Å². The van der Waals surface area contributed by atoms with Gasteiger partial charge >= 0.3 is 0 Å². The van der Waals surface area contributed by atoms with E-state index in [2.05, 4.69) is 28.1 Å². The molecule has 20 heavy (non-hydrogen) atoms. The summed E-state index contributed by atoms with van der Waals surface area (Å²) < 4.78 is 2.00. The lowest BCUT2D eigenvalue weighted by Gasteiger charge is -2.24. The molecule has 6 nitrogen and oxygen atoms in total. The van der Waals surface area contributed by atoms with Crippen LogP contribution < -0.4 is 0 Å². The van der Waals surface area contributed by atoms with Gasteiger partial charge in [0.25, 0.3) is 5.91 Å². The van der Waals surface area contributed by atoms with Gasteiger partial charge in [-0.2, -0.15) is 5.10 Å². The number of nitrogens with one attached hydrogen (secondary N) is 1. The van der Waals surface area contributed by atoms with Crippen molar-refractivity contribution in [2.24, 2.45) is 0 Å². The normalized spacial score (nSPS) is 18.7. The molecule has 0 aliphatic carbocycles. The fraction of sp³-hybridized carbons (Fsp3) is 0.500. The summed E-state index contributed by atoms with van der Waals surface area (Å²) in [6, 6.07) is 2.28. The van der Waals surface area contributed by atoms with Gasteiger partial charge in [-0.15, -0.1) is 0 Å². The van der Waals surface area contributed by atoms with E-state index in [-0.39, 0.29) is 11.9 Å². The number of hydrogen-bond acceptors (Lipinski definition) is 3. The monoisotopic (exact) mass is 273 g/mol. The van der Waals surface area contributed by atoms with Crippen LogP contribution in [0.25, 0.3) is 0 Å². The molecule has 1 atom stereocenters. The van der Waals surface area contributed by atoms with Crippen LogP contribution in [-0.2, 0) is 6.54 Å². The first-order valence-corrected chi connectivity index (χ1v) is 6.95. The Labute approximate surface area is 117 Å². The van der Waals surface area contributed by atoms with Crippen LogP contribution in [0.2, 0.25) is 0 Å². The van der Waals surface area contributed by atoms with Crippen molar-refractivity contribution < 1.29 is 4.79 Å². The third-order valence-corrected chi connectivity index (χ3v) is 3.85. The van der Waals surface area contributed by atoms with Crippen LogP contribution in [0.15, 0.2) is 18.6 Å². The molecule has 1 N–H and O–H groups in total. The van der Waals surface area contributed by atoms with Gasteiger partial charge in [-0.25, -0.2) is 4.98 Å². The first-order valence-electron chi connectivity index (χ1n) is 6.95. The Morgan fingerprint density at radius 2 is 2.35 bits per heavy atom. The standard InChI is InChI=1S/C14H19N5O/c1-10-6-11(2)19(17-10)8-12-4-3-5-18(12)14(20)13-7-15-9-16-13/h6-7,9,12H,3-5,8H2,1-2H3,(H,15,16). The van der Waals surface area contributed by atoms with Crippen molar-refractivity contribution in [3.8, 4) is 0 Å². The lowest BCUT2D eigenvalue weighted by Crippen LogP contribution is -2.38. The molecular weight excluding hydrogens is 254 g/mol. The van der Waals surface area contributed by atoms with Crippen molar-refractivity contribution in [2.45, 2.75) is 39.3 Å². The number of rotatable bonds is 3. The number of aromatic amines is 1. The zero-order valence-electron chi connectivity index (χ0n) is 11.8. The van der Waals surface area contributed by atoms with Crippen molar-refractivity contribution in [2.75, 3.05) is 6.54 Å². The molecule has 1 aliphatic heterocycles. The van der Waals surface area contributed by atoms with Gasteiger partial charge in [0, 0.05) is 12.2 Å². The maximum Gasteiger partial charge on any atom is 0.272 e. The number of likely N-dealkylation sites (tertiary alicyclic amines) is 1. The Morgan fingerprint density at radius 3 is 3.00 bits per heavy atom.